The Labute approximate surface area is 93.6 Å². The molecule has 2 N–H and O–H groups in total. The van der Waals surface area contributed by atoms with Crippen LogP contribution in [0, 0.1) is 6.92 Å². The monoisotopic (exact) mass is 219 g/mol. The van der Waals surface area contributed by atoms with Gasteiger partial charge in [-0.1, -0.05) is 18.2 Å². The minimum Gasteiger partial charge on any atom is -0.478 e. The molecule has 84 valence electrons. The Bertz CT molecular complexity index is 438. The van der Waals surface area contributed by atoms with Crippen molar-refractivity contribution >= 4 is 17.6 Å². The van der Waals surface area contributed by atoms with Crippen LogP contribution < -0.4 is 5.32 Å². The Morgan fingerprint density at radius 2 is 2.19 bits per heavy atom. The SMILES string of the molecule is C=CCC(=O)Nc1c(C)cccc1C(=O)O. The fourth-order valence-electron chi connectivity index (χ4n) is 1.33. The number of carboxylic acids is 1. The van der Waals surface area contributed by atoms with E-state index in [9.17, 15) is 9.59 Å². The third kappa shape index (κ3) is 2.70. The highest BCUT2D eigenvalue weighted by atomic mass is 16.4. The standard InChI is InChI=1S/C12H13NO3/c1-3-5-10(14)13-11-8(2)6-4-7-9(11)12(15)16/h3-4,6-7H,1,5H2,2H3,(H,13,14)(H,15,16). The summed E-state index contributed by atoms with van der Waals surface area (Å²) in [4.78, 5) is 22.3. The molecule has 16 heavy (non-hydrogen) atoms. The Kier molecular flexibility index (Phi) is 3.83. The Morgan fingerprint density at radius 3 is 2.75 bits per heavy atom. The van der Waals surface area contributed by atoms with Crippen molar-refractivity contribution in [3.63, 3.8) is 0 Å². The number of carbonyl (C=O) groups excluding carboxylic acids is 1. The number of anilines is 1. The van der Waals surface area contributed by atoms with E-state index in [2.05, 4.69) is 11.9 Å². The van der Waals surface area contributed by atoms with Crippen LogP contribution in [0.25, 0.3) is 0 Å². The van der Waals surface area contributed by atoms with Crippen molar-refractivity contribution in [2.24, 2.45) is 0 Å². The van der Waals surface area contributed by atoms with Gasteiger partial charge in [0.2, 0.25) is 5.91 Å². The lowest BCUT2D eigenvalue weighted by atomic mass is 10.1. The Hall–Kier alpha value is -2.10. The van der Waals surface area contributed by atoms with E-state index in [0.717, 1.165) is 5.56 Å². The topological polar surface area (TPSA) is 66.4 Å². The lowest BCUT2D eigenvalue weighted by molar-refractivity contribution is -0.115. The summed E-state index contributed by atoms with van der Waals surface area (Å²) in [6, 6.07) is 4.84. The van der Waals surface area contributed by atoms with Crippen LogP contribution in [-0.4, -0.2) is 17.0 Å². The molecule has 0 aromatic heterocycles. The number of amides is 1. The van der Waals surface area contributed by atoms with E-state index in [-0.39, 0.29) is 17.9 Å². The number of aromatic carboxylic acids is 1. The smallest absolute Gasteiger partial charge is 0.337 e. The van der Waals surface area contributed by atoms with Crippen LogP contribution in [0.2, 0.25) is 0 Å². The predicted molar refractivity (Wildman–Crippen MR) is 61.6 cm³/mol. The molecule has 0 aliphatic rings. The van der Waals surface area contributed by atoms with Gasteiger partial charge in [0, 0.05) is 6.42 Å². The number of carboxylic acid groups (broad SMARTS) is 1. The first-order valence-corrected chi connectivity index (χ1v) is 4.80. The molecule has 0 atom stereocenters. The molecule has 0 bridgehead atoms. The van der Waals surface area contributed by atoms with Gasteiger partial charge < -0.3 is 10.4 Å². The largest absolute Gasteiger partial charge is 0.478 e. The molecule has 0 unspecified atom stereocenters. The van der Waals surface area contributed by atoms with Crippen molar-refractivity contribution in [2.75, 3.05) is 5.32 Å². The maximum absolute atomic E-state index is 11.4. The molecule has 0 fully saturated rings. The molecule has 1 aromatic carbocycles. The summed E-state index contributed by atoms with van der Waals surface area (Å²) >= 11 is 0. The fourth-order valence-corrected chi connectivity index (χ4v) is 1.33. The number of nitrogens with one attached hydrogen (secondary N) is 1. The molecule has 4 heteroatoms. The van der Waals surface area contributed by atoms with E-state index in [1.165, 1.54) is 12.1 Å². The molecule has 0 saturated heterocycles. The van der Waals surface area contributed by atoms with Crippen molar-refractivity contribution in [3.8, 4) is 0 Å². The van der Waals surface area contributed by atoms with Gasteiger partial charge in [0.1, 0.15) is 0 Å². The van der Waals surface area contributed by atoms with Gasteiger partial charge >= 0.3 is 5.97 Å². The first kappa shape index (κ1) is 12.0. The highest BCUT2D eigenvalue weighted by Gasteiger charge is 2.13. The zero-order valence-corrected chi connectivity index (χ0v) is 8.99. The summed E-state index contributed by atoms with van der Waals surface area (Å²) in [5.41, 5.74) is 1.16. The highest BCUT2D eigenvalue weighted by Crippen LogP contribution is 2.20. The number of hydrogen-bond acceptors (Lipinski definition) is 2. The third-order valence-electron chi connectivity index (χ3n) is 2.10. The molecule has 0 radical (unpaired) electrons. The van der Waals surface area contributed by atoms with Gasteiger partial charge in [-0.3, -0.25) is 4.79 Å². The van der Waals surface area contributed by atoms with Crippen LogP contribution in [0.3, 0.4) is 0 Å². The lowest BCUT2D eigenvalue weighted by Crippen LogP contribution is -2.14. The minimum atomic E-state index is -1.06. The van der Waals surface area contributed by atoms with E-state index in [4.69, 9.17) is 5.11 Å². The van der Waals surface area contributed by atoms with Gasteiger partial charge in [-0.05, 0) is 18.6 Å². The van der Waals surface area contributed by atoms with Crippen molar-refractivity contribution in [1.82, 2.24) is 0 Å². The fraction of sp³-hybridized carbons (Fsp3) is 0.167. The molecule has 0 heterocycles. The molecule has 4 nitrogen and oxygen atoms in total. The molecule has 1 aromatic rings. The van der Waals surface area contributed by atoms with E-state index in [0.29, 0.717) is 5.69 Å². The summed E-state index contributed by atoms with van der Waals surface area (Å²) in [5.74, 6) is -1.33. The van der Waals surface area contributed by atoms with E-state index in [1.807, 2.05) is 0 Å². The van der Waals surface area contributed by atoms with Crippen molar-refractivity contribution in [2.45, 2.75) is 13.3 Å². The normalized spacial score (nSPS) is 9.56. The maximum Gasteiger partial charge on any atom is 0.337 e. The van der Waals surface area contributed by atoms with E-state index < -0.39 is 5.97 Å². The molecular formula is C12H13NO3. The highest BCUT2D eigenvalue weighted by molar-refractivity contribution is 6.01. The first-order chi connectivity index (χ1) is 7.56. The minimum absolute atomic E-state index is 0.0948. The second-order valence-electron chi connectivity index (χ2n) is 3.34. The van der Waals surface area contributed by atoms with E-state index >= 15 is 0 Å². The quantitative estimate of drug-likeness (QED) is 0.763. The molecule has 0 aliphatic heterocycles. The molecule has 1 rings (SSSR count). The Balaban J connectivity index is 3.06. The zero-order chi connectivity index (χ0) is 12.1. The van der Waals surface area contributed by atoms with E-state index in [1.54, 1.807) is 19.1 Å². The second kappa shape index (κ2) is 5.11. The number of aryl methyl sites for hydroxylation is 1. The first-order valence-electron chi connectivity index (χ1n) is 4.80. The summed E-state index contributed by atoms with van der Waals surface area (Å²) in [6.07, 6.45) is 1.63. The summed E-state index contributed by atoms with van der Waals surface area (Å²) in [5, 5.41) is 11.5. The zero-order valence-electron chi connectivity index (χ0n) is 8.99. The molecule has 0 saturated carbocycles. The van der Waals surface area contributed by atoms with Crippen LogP contribution in [-0.2, 0) is 4.79 Å². The lowest BCUT2D eigenvalue weighted by Gasteiger charge is -2.10. The molecular weight excluding hydrogens is 206 g/mol. The number of carbonyl (C=O) groups is 2. The van der Waals surface area contributed by atoms with Gasteiger partial charge in [-0.25, -0.2) is 4.79 Å². The number of benzene rings is 1. The van der Waals surface area contributed by atoms with Crippen LogP contribution in [0.5, 0.6) is 0 Å². The average molecular weight is 219 g/mol. The predicted octanol–water partition coefficient (Wildman–Crippen LogP) is 2.21. The second-order valence-corrected chi connectivity index (χ2v) is 3.34. The van der Waals surface area contributed by atoms with Crippen LogP contribution in [0.15, 0.2) is 30.9 Å². The van der Waals surface area contributed by atoms with Crippen molar-refractivity contribution < 1.29 is 14.7 Å². The van der Waals surface area contributed by atoms with Gasteiger partial charge in [-0.2, -0.15) is 0 Å². The van der Waals surface area contributed by atoms with Crippen LogP contribution >= 0.6 is 0 Å². The summed E-state index contributed by atoms with van der Waals surface area (Å²) in [7, 11) is 0. The van der Waals surface area contributed by atoms with Crippen molar-refractivity contribution in [1.29, 1.82) is 0 Å². The number of hydrogen-bond donors (Lipinski definition) is 2. The summed E-state index contributed by atoms with van der Waals surface area (Å²) < 4.78 is 0. The van der Waals surface area contributed by atoms with Crippen LogP contribution in [0.4, 0.5) is 5.69 Å². The molecule has 0 aliphatic carbocycles. The number of para-hydroxylation sites is 1. The summed E-state index contributed by atoms with van der Waals surface area (Å²) in [6.45, 7) is 5.19. The maximum atomic E-state index is 11.4. The molecule has 1 amide bonds. The van der Waals surface area contributed by atoms with Gasteiger partial charge in [0.25, 0.3) is 0 Å². The third-order valence-corrected chi connectivity index (χ3v) is 2.10. The Morgan fingerprint density at radius 1 is 1.50 bits per heavy atom. The number of rotatable bonds is 4. The van der Waals surface area contributed by atoms with Crippen molar-refractivity contribution in [3.05, 3.63) is 42.0 Å². The van der Waals surface area contributed by atoms with Gasteiger partial charge in [-0.15, -0.1) is 6.58 Å². The van der Waals surface area contributed by atoms with Gasteiger partial charge in [0.15, 0.2) is 0 Å². The molecule has 0 spiro atoms. The van der Waals surface area contributed by atoms with Crippen LogP contribution in [0.1, 0.15) is 22.3 Å². The average Bonchev–Trinajstić information content (AvgIpc) is 2.21. The van der Waals surface area contributed by atoms with Gasteiger partial charge in [0.05, 0.1) is 11.3 Å².